The van der Waals surface area contributed by atoms with Crippen molar-refractivity contribution in [2.45, 2.75) is 12.0 Å². The van der Waals surface area contributed by atoms with Gasteiger partial charge in [-0.2, -0.15) is 0 Å². The molecule has 1 amide bonds. The van der Waals surface area contributed by atoms with Gasteiger partial charge in [0.1, 0.15) is 5.88 Å². The fraction of sp³-hybridized carbons (Fsp3) is 0.391. The predicted octanol–water partition coefficient (Wildman–Crippen LogP) is 2.47. The Morgan fingerprint density at radius 2 is 1.73 bits per heavy atom. The van der Waals surface area contributed by atoms with Crippen LogP contribution in [-0.4, -0.2) is 50.5 Å². The monoisotopic (exact) mass is 475 g/mol. The number of ether oxygens (including phenoxy) is 5. The zero-order chi connectivity index (χ0) is 23.3. The largest absolute Gasteiger partial charge is 0.502 e. The molecule has 2 aliphatic heterocycles. The van der Waals surface area contributed by atoms with Gasteiger partial charge in [0.2, 0.25) is 18.4 Å². The van der Waals surface area contributed by atoms with E-state index in [9.17, 15) is 14.7 Å². The van der Waals surface area contributed by atoms with Crippen LogP contribution >= 0.6 is 11.6 Å². The number of halogens is 1. The third-order valence-corrected chi connectivity index (χ3v) is 6.73. The van der Waals surface area contributed by atoms with Crippen molar-refractivity contribution in [3.8, 4) is 28.7 Å². The number of carbonyl (C=O) groups is 2. The molecule has 2 unspecified atom stereocenters. The van der Waals surface area contributed by atoms with Crippen LogP contribution in [0.15, 0.2) is 24.3 Å². The molecule has 0 aromatic heterocycles. The zero-order valence-corrected chi connectivity index (χ0v) is 18.7. The number of aromatic hydroxyl groups is 1. The van der Waals surface area contributed by atoms with Crippen molar-refractivity contribution in [3.63, 3.8) is 0 Å². The first-order chi connectivity index (χ1) is 16.0. The van der Waals surface area contributed by atoms with E-state index in [0.29, 0.717) is 17.1 Å². The average Bonchev–Trinajstić information content (AvgIpc) is 3.44. The number of rotatable bonds is 5. The first kappa shape index (κ1) is 21.5. The maximum absolute atomic E-state index is 13.0. The molecule has 1 fully saturated rings. The number of amides is 1. The minimum absolute atomic E-state index is 0.0807. The lowest BCUT2D eigenvalue weighted by Crippen LogP contribution is -2.43. The maximum atomic E-state index is 13.0. The van der Waals surface area contributed by atoms with Crippen LogP contribution in [0.1, 0.15) is 28.7 Å². The smallest absolute Gasteiger partial charge is 0.310 e. The number of esters is 1. The van der Waals surface area contributed by atoms with Gasteiger partial charge >= 0.3 is 5.97 Å². The summed E-state index contributed by atoms with van der Waals surface area (Å²) in [4.78, 5) is 25.2. The van der Waals surface area contributed by atoms with E-state index in [1.165, 1.54) is 14.2 Å². The third-order valence-electron chi connectivity index (χ3n) is 6.49. The van der Waals surface area contributed by atoms with Gasteiger partial charge in [-0.3, -0.25) is 9.59 Å². The highest BCUT2D eigenvalue weighted by Gasteiger charge is 2.53. The average molecular weight is 476 g/mol. The van der Waals surface area contributed by atoms with Crippen LogP contribution in [0.4, 0.5) is 0 Å². The molecule has 0 radical (unpaired) electrons. The Labute approximate surface area is 194 Å². The Bertz CT molecular complexity index is 1110. The normalized spacial score (nSPS) is 24.5. The summed E-state index contributed by atoms with van der Waals surface area (Å²) in [5, 5.41) is 13.3. The van der Waals surface area contributed by atoms with Crippen LogP contribution in [0.2, 0.25) is 0 Å². The molecular weight excluding hydrogens is 454 g/mol. The summed E-state index contributed by atoms with van der Waals surface area (Å²) < 4.78 is 27.3. The topological polar surface area (TPSA) is 113 Å². The molecule has 5 rings (SSSR count). The Balaban J connectivity index is 1.74. The van der Waals surface area contributed by atoms with Crippen molar-refractivity contribution in [3.05, 3.63) is 41.0 Å². The Kier molecular flexibility index (Phi) is 5.36. The number of fused-ring (bicyclic) bond motifs is 3. The molecule has 3 aliphatic rings. The number of phenolic OH excluding ortho intramolecular Hbond substituents is 1. The Hall–Kier alpha value is -3.33. The second kappa shape index (κ2) is 8.22. The summed E-state index contributed by atoms with van der Waals surface area (Å²) in [5.41, 5.74) is 2.25. The van der Waals surface area contributed by atoms with Crippen molar-refractivity contribution in [2.75, 3.05) is 33.5 Å². The number of nitrogens with one attached hydrogen (secondary N) is 1. The number of benzene rings is 2. The zero-order valence-electron chi connectivity index (χ0n) is 17.9. The van der Waals surface area contributed by atoms with E-state index >= 15 is 0 Å². The Morgan fingerprint density at radius 1 is 1.09 bits per heavy atom. The van der Waals surface area contributed by atoms with Crippen molar-refractivity contribution in [2.24, 2.45) is 11.8 Å². The summed E-state index contributed by atoms with van der Waals surface area (Å²) >= 11 is 5.76. The van der Waals surface area contributed by atoms with E-state index in [-0.39, 0.29) is 54.3 Å². The quantitative estimate of drug-likeness (QED) is 0.501. The first-order valence-corrected chi connectivity index (χ1v) is 10.9. The van der Waals surface area contributed by atoms with Crippen LogP contribution in [-0.2, 0) is 14.3 Å². The van der Waals surface area contributed by atoms with Gasteiger partial charge in [-0.05, 0) is 41.0 Å². The fourth-order valence-electron chi connectivity index (χ4n) is 5.05. The highest BCUT2D eigenvalue weighted by atomic mass is 35.5. The van der Waals surface area contributed by atoms with Gasteiger partial charge in [0.05, 0.1) is 32.8 Å². The highest BCUT2D eigenvalue weighted by Crippen LogP contribution is 2.55. The number of hydrogen-bond donors (Lipinski definition) is 2. The van der Waals surface area contributed by atoms with Crippen molar-refractivity contribution >= 4 is 23.5 Å². The second-order valence-electron chi connectivity index (χ2n) is 8.08. The summed E-state index contributed by atoms with van der Waals surface area (Å²) in [6.45, 7) is 0.227. The molecular formula is C23H22ClNO8. The predicted molar refractivity (Wildman–Crippen MR) is 115 cm³/mol. The summed E-state index contributed by atoms with van der Waals surface area (Å²) in [7, 11) is 2.88. The fourth-order valence-corrected chi connectivity index (χ4v) is 5.13. The number of phenols is 1. The van der Waals surface area contributed by atoms with E-state index in [1.54, 1.807) is 12.1 Å². The molecule has 0 saturated carbocycles. The van der Waals surface area contributed by atoms with Gasteiger partial charge in [0.25, 0.3) is 0 Å². The number of alkyl halides is 1. The molecule has 2 aromatic rings. The molecule has 2 N–H and O–H groups in total. The molecule has 10 heteroatoms. The van der Waals surface area contributed by atoms with Gasteiger partial charge in [-0.1, -0.05) is 0 Å². The van der Waals surface area contributed by atoms with Gasteiger partial charge in [0.15, 0.2) is 23.0 Å². The van der Waals surface area contributed by atoms with Crippen molar-refractivity contribution in [1.82, 2.24) is 5.32 Å². The van der Waals surface area contributed by atoms with Gasteiger partial charge < -0.3 is 34.1 Å². The SMILES string of the molecule is COc1cc(C2c3cc4c(cc3[C@@H](NC(=O)CCl)[C@H]3COC(=O)C23)OCO4)cc(OC)c1O. The van der Waals surface area contributed by atoms with E-state index in [4.69, 9.17) is 35.3 Å². The summed E-state index contributed by atoms with van der Waals surface area (Å²) in [5.74, 6) is -0.946. The summed E-state index contributed by atoms with van der Waals surface area (Å²) in [6, 6.07) is 6.51. The summed E-state index contributed by atoms with van der Waals surface area (Å²) in [6.07, 6.45) is 0. The van der Waals surface area contributed by atoms with E-state index in [2.05, 4.69) is 5.32 Å². The molecule has 1 aliphatic carbocycles. The lowest BCUT2D eigenvalue weighted by Gasteiger charge is -2.39. The Morgan fingerprint density at radius 3 is 2.33 bits per heavy atom. The van der Waals surface area contributed by atoms with Crippen LogP contribution in [0, 0.1) is 11.8 Å². The number of cyclic esters (lactones) is 1. The molecule has 1 saturated heterocycles. The van der Waals surface area contributed by atoms with Crippen LogP contribution in [0.25, 0.3) is 0 Å². The molecule has 0 spiro atoms. The van der Waals surface area contributed by atoms with Crippen molar-refractivity contribution in [1.29, 1.82) is 0 Å². The first-order valence-electron chi connectivity index (χ1n) is 10.4. The maximum Gasteiger partial charge on any atom is 0.310 e. The minimum atomic E-state index is -0.600. The van der Waals surface area contributed by atoms with Crippen LogP contribution in [0.5, 0.6) is 28.7 Å². The lowest BCUT2D eigenvalue weighted by atomic mass is 9.65. The molecule has 174 valence electrons. The molecule has 4 atom stereocenters. The van der Waals surface area contributed by atoms with Crippen molar-refractivity contribution < 1.29 is 38.4 Å². The molecule has 9 nitrogen and oxygen atoms in total. The van der Waals surface area contributed by atoms with Crippen LogP contribution in [0.3, 0.4) is 0 Å². The molecule has 2 heterocycles. The third kappa shape index (κ3) is 3.38. The molecule has 2 aromatic carbocycles. The second-order valence-corrected chi connectivity index (χ2v) is 8.35. The standard InChI is InChI=1S/C23H22ClNO8/c1-29-16-3-10(4-17(30-2)22(16)27)19-11-5-14-15(33-9-32-14)6-12(11)21(25-18(26)7-24)13-8-31-23(28)20(13)19/h3-6,13,19-21,27H,7-9H2,1-2H3,(H,25,26)/t13-,19?,20?,21+/m0/s1. The minimum Gasteiger partial charge on any atom is -0.502 e. The molecule has 0 bridgehead atoms. The van der Waals surface area contributed by atoms with E-state index < -0.39 is 17.9 Å². The van der Waals surface area contributed by atoms with E-state index in [0.717, 1.165) is 11.1 Å². The van der Waals surface area contributed by atoms with Gasteiger partial charge in [-0.15, -0.1) is 11.6 Å². The lowest BCUT2D eigenvalue weighted by molar-refractivity contribution is -0.141. The highest BCUT2D eigenvalue weighted by molar-refractivity contribution is 6.27. The van der Waals surface area contributed by atoms with Crippen LogP contribution < -0.4 is 24.3 Å². The van der Waals surface area contributed by atoms with E-state index in [1.807, 2.05) is 12.1 Å². The molecule has 33 heavy (non-hydrogen) atoms. The number of methoxy groups -OCH3 is 2. The van der Waals surface area contributed by atoms with Gasteiger partial charge in [-0.25, -0.2) is 0 Å². The number of hydrogen-bond acceptors (Lipinski definition) is 8. The number of carbonyl (C=O) groups excluding carboxylic acids is 2. The van der Waals surface area contributed by atoms with Gasteiger partial charge in [0, 0.05) is 11.8 Å².